The maximum atomic E-state index is 5.92. The van der Waals surface area contributed by atoms with Crippen LogP contribution in [0, 0.1) is 13.8 Å². The molecule has 1 atom stereocenters. The maximum absolute atomic E-state index is 5.92. The van der Waals surface area contributed by atoms with Gasteiger partial charge >= 0.3 is 0 Å². The summed E-state index contributed by atoms with van der Waals surface area (Å²) in [5.74, 6) is 1.41. The standard InChI is InChI=1S/C26H30N4/c1-4-24-29-25-18(2)16-19(3)28-26(25)30(24)17-20-10-12-22(13-11-20)23(14-15-27)21-8-6-5-7-9-21/h5-13,16,23H,4,14-15,17,27H2,1-3H3. The van der Waals surface area contributed by atoms with Crippen LogP contribution in [0.3, 0.4) is 0 Å². The van der Waals surface area contributed by atoms with Crippen molar-refractivity contribution >= 4 is 11.2 Å². The lowest BCUT2D eigenvalue weighted by Gasteiger charge is -2.18. The molecule has 30 heavy (non-hydrogen) atoms. The Hall–Kier alpha value is -2.98. The van der Waals surface area contributed by atoms with E-state index in [4.69, 9.17) is 15.7 Å². The Labute approximate surface area is 178 Å². The minimum atomic E-state index is 0.331. The van der Waals surface area contributed by atoms with Gasteiger partial charge in [-0.15, -0.1) is 0 Å². The lowest BCUT2D eigenvalue weighted by Crippen LogP contribution is -2.09. The number of imidazole rings is 1. The van der Waals surface area contributed by atoms with Gasteiger partial charge in [0.25, 0.3) is 0 Å². The van der Waals surface area contributed by atoms with E-state index >= 15 is 0 Å². The number of hydrogen-bond acceptors (Lipinski definition) is 3. The van der Waals surface area contributed by atoms with Crippen LogP contribution in [0.4, 0.5) is 0 Å². The van der Waals surface area contributed by atoms with E-state index in [0.717, 1.165) is 42.1 Å². The lowest BCUT2D eigenvalue weighted by atomic mass is 9.88. The van der Waals surface area contributed by atoms with Gasteiger partial charge in [0, 0.05) is 18.0 Å². The van der Waals surface area contributed by atoms with Crippen LogP contribution in [0.25, 0.3) is 11.2 Å². The van der Waals surface area contributed by atoms with Gasteiger partial charge in [-0.25, -0.2) is 9.97 Å². The fourth-order valence-electron chi connectivity index (χ4n) is 4.30. The Morgan fingerprint density at radius 1 is 0.933 bits per heavy atom. The molecule has 0 aliphatic rings. The molecule has 4 rings (SSSR count). The largest absolute Gasteiger partial charge is 0.330 e. The molecule has 0 saturated heterocycles. The first-order valence-electron chi connectivity index (χ1n) is 10.8. The molecule has 0 spiro atoms. The fraction of sp³-hybridized carbons (Fsp3) is 0.308. The van der Waals surface area contributed by atoms with E-state index in [9.17, 15) is 0 Å². The van der Waals surface area contributed by atoms with Crippen LogP contribution in [-0.4, -0.2) is 21.1 Å². The van der Waals surface area contributed by atoms with Crippen molar-refractivity contribution in [2.75, 3.05) is 6.54 Å². The quantitative estimate of drug-likeness (QED) is 0.469. The molecule has 2 heterocycles. The molecule has 1 unspecified atom stereocenters. The molecular weight excluding hydrogens is 368 g/mol. The molecule has 0 aliphatic heterocycles. The number of aromatic nitrogens is 3. The van der Waals surface area contributed by atoms with Gasteiger partial charge in [0.1, 0.15) is 11.3 Å². The molecule has 2 N–H and O–H groups in total. The monoisotopic (exact) mass is 398 g/mol. The van der Waals surface area contributed by atoms with Crippen molar-refractivity contribution in [2.45, 2.75) is 46.1 Å². The van der Waals surface area contributed by atoms with Gasteiger partial charge in [-0.3, -0.25) is 0 Å². The van der Waals surface area contributed by atoms with Crippen molar-refractivity contribution in [3.05, 3.63) is 94.4 Å². The predicted molar refractivity (Wildman–Crippen MR) is 124 cm³/mol. The van der Waals surface area contributed by atoms with Crippen molar-refractivity contribution < 1.29 is 0 Å². The van der Waals surface area contributed by atoms with Crippen LogP contribution in [0.15, 0.2) is 60.7 Å². The molecule has 2 aromatic carbocycles. The van der Waals surface area contributed by atoms with E-state index in [-0.39, 0.29) is 0 Å². The summed E-state index contributed by atoms with van der Waals surface area (Å²) in [6, 6.07) is 21.7. The van der Waals surface area contributed by atoms with Crippen molar-refractivity contribution in [3.63, 3.8) is 0 Å². The van der Waals surface area contributed by atoms with Gasteiger partial charge in [0.05, 0.1) is 6.54 Å². The number of hydrogen-bond donors (Lipinski definition) is 1. The third-order valence-corrected chi connectivity index (χ3v) is 5.80. The first kappa shape index (κ1) is 20.3. The second-order valence-corrected chi connectivity index (χ2v) is 8.00. The number of benzene rings is 2. The van der Waals surface area contributed by atoms with E-state index in [1.165, 1.54) is 22.3 Å². The highest BCUT2D eigenvalue weighted by Gasteiger charge is 2.15. The topological polar surface area (TPSA) is 56.7 Å². The van der Waals surface area contributed by atoms with Crippen molar-refractivity contribution in [1.29, 1.82) is 0 Å². The number of nitrogens with zero attached hydrogens (tertiary/aromatic N) is 3. The highest BCUT2D eigenvalue weighted by molar-refractivity contribution is 5.76. The molecule has 0 bridgehead atoms. The second-order valence-electron chi connectivity index (χ2n) is 8.00. The van der Waals surface area contributed by atoms with Crippen LogP contribution < -0.4 is 5.73 Å². The number of fused-ring (bicyclic) bond motifs is 1. The Balaban J connectivity index is 1.65. The van der Waals surface area contributed by atoms with Gasteiger partial charge in [0.15, 0.2) is 5.65 Å². The molecular formula is C26H30N4. The summed E-state index contributed by atoms with van der Waals surface area (Å²) in [4.78, 5) is 9.66. The highest BCUT2D eigenvalue weighted by Crippen LogP contribution is 2.28. The molecule has 0 aliphatic carbocycles. The summed E-state index contributed by atoms with van der Waals surface area (Å²) >= 11 is 0. The first-order valence-corrected chi connectivity index (χ1v) is 10.8. The van der Waals surface area contributed by atoms with Gasteiger partial charge in [-0.2, -0.15) is 0 Å². The van der Waals surface area contributed by atoms with Gasteiger partial charge in [0.2, 0.25) is 0 Å². The van der Waals surface area contributed by atoms with E-state index in [2.05, 4.69) is 79.1 Å². The molecule has 4 aromatic rings. The average molecular weight is 399 g/mol. The molecule has 0 amide bonds. The van der Waals surface area contributed by atoms with Gasteiger partial charge < -0.3 is 10.3 Å². The Kier molecular flexibility index (Phi) is 5.96. The summed E-state index contributed by atoms with van der Waals surface area (Å²) < 4.78 is 2.26. The molecule has 4 heteroatoms. The van der Waals surface area contributed by atoms with Crippen LogP contribution in [0.2, 0.25) is 0 Å². The third kappa shape index (κ3) is 4.01. The zero-order valence-corrected chi connectivity index (χ0v) is 18.1. The van der Waals surface area contributed by atoms with E-state index < -0.39 is 0 Å². The molecule has 0 fully saturated rings. The number of rotatable bonds is 7. The number of nitrogens with two attached hydrogens (primary N) is 1. The van der Waals surface area contributed by atoms with Gasteiger partial charge in [-0.1, -0.05) is 61.5 Å². The normalized spacial score (nSPS) is 12.4. The smallest absolute Gasteiger partial charge is 0.160 e. The van der Waals surface area contributed by atoms with Crippen molar-refractivity contribution in [2.24, 2.45) is 5.73 Å². The summed E-state index contributed by atoms with van der Waals surface area (Å²) in [5, 5.41) is 0. The Morgan fingerprint density at radius 3 is 2.30 bits per heavy atom. The second kappa shape index (κ2) is 8.80. The Morgan fingerprint density at radius 2 is 1.63 bits per heavy atom. The fourth-order valence-corrected chi connectivity index (χ4v) is 4.30. The third-order valence-electron chi connectivity index (χ3n) is 5.80. The number of pyridine rings is 1. The molecule has 4 nitrogen and oxygen atoms in total. The lowest BCUT2D eigenvalue weighted by molar-refractivity contribution is 0.722. The van der Waals surface area contributed by atoms with Crippen LogP contribution >= 0.6 is 0 Å². The van der Waals surface area contributed by atoms with E-state index in [1.54, 1.807) is 0 Å². The van der Waals surface area contributed by atoms with Crippen molar-refractivity contribution in [3.8, 4) is 0 Å². The van der Waals surface area contributed by atoms with Gasteiger partial charge in [-0.05, 0) is 55.1 Å². The first-order chi connectivity index (χ1) is 14.6. The highest BCUT2D eigenvalue weighted by atomic mass is 15.1. The summed E-state index contributed by atoms with van der Waals surface area (Å²) in [6.07, 6.45) is 1.83. The summed E-state index contributed by atoms with van der Waals surface area (Å²) in [5.41, 5.74) is 14.0. The minimum Gasteiger partial charge on any atom is -0.330 e. The van der Waals surface area contributed by atoms with E-state index in [1.807, 2.05) is 6.92 Å². The SMILES string of the molecule is CCc1nc2c(C)cc(C)nc2n1Cc1ccc(C(CCN)c2ccccc2)cc1. The molecule has 2 aromatic heterocycles. The number of aryl methyl sites for hydroxylation is 3. The average Bonchev–Trinajstić information content (AvgIpc) is 3.11. The van der Waals surface area contributed by atoms with Crippen LogP contribution in [-0.2, 0) is 13.0 Å². The minimum absolute atomic E-state index is 0.331. The van der Waals surface area contributed by atoms with E-state index in [0.29, 0.717) is 12.5 Å². The zero-order valence-electron chi connectivity index (χ0n) is 18.1. The zero-order chi connectivity index (χ0) is 21.1. The Bertz CT molecular complexity index is 1130. The summed E-state index contributed by atoms with van der Waals surface area (Å²) in [6.45, 7) is 7.77. The van der Waals surface area contributed by atoms with Crippen molar-refractivity contribution in [1.82, 2.24) is 14.5 Å². The summed E-state index contributed by atoms with van der Waals surface area (Å²) in [7, 11) is 0. The molecule has 0 radical (unpaired) electrons. The van der Waals surface area contributed by atoms with Crippen LogP contribution in [0.5, 0.6) is 0 Å². The predicted octanol–water partition coefficient (Wildman–Crippen LogP) is 5.14. The molecule has 154 valence electrons. The molecule has 0 saturated carbocycles. The van der Waals surface area contributed by atoms with Crippen LogP contribution in [0.1, 0.15) is 53.0 Å². The maximum Gasteiger partial charge on any atom is 0.160 e.